The van der Waals surface area contributed by atoms with Crippen LogP contribution in [0.5, 0.6) is 0 Å². The highest BCUT2D eigenvalue weighted by atomic mass is 16.3. The molecule has 54 valence electrons. The molecule has 0 saturated heterocycles. The molecule has 0 unspecified atom stereocenters. The van der Waals surface area contributed by atoms with Crippen LogP contribution in [0, 0.1) is 5.92 Å². The predicted octanol–water partition coefficient (Wildman–Crippen LogP) is 0.984. The second-order valence-corrected chi connectivity index (χ2v) is 2.63. The number of rotatable bonds is 4. The molecule has 0 spiro atoms. The highest BCUT2D eigenvalue weighted by Gasteiger charge is 2.00. The van der Waals surface area contributed by atoms with Crippen LogP contribution in [0.25, 0.3) is 0 Å². The third-order valence-corrected chi connectivity index (χ3v) is 1.18. The maximum atomic E-state index is 10.5. The summed E-state index contributed by atoms with van der Waals surface area (Å²) in [4.78, 5) is 10.5. The van der Waals surface area contributed by atoms with E-state index >= 15 is 0 Å². The van der Waals surface area contributed by atoms with E-state index in [9.17, 15) is 4.79 Å². The Morgan fingerprint density at radius 1 is 1.56 bits per heavy atom. The fraction of sp³-hybridized carbons (Fsp3) is 0.857. The van der Waals surface area contributed by atoms with Crippen molar-refractivity contribution in [2.45, 2.75) is 26.7 Å². The van der Waals surface area contributed by atoms with Crippen molar-refractivity contribution in [3.05, 3.63) is 0 Å². The first kappa shape index (κ1) is 8.63. The van der Waals surface area contributed by atoms with E-state index in [1.165, 1.54) is 0 Å². The Kier molecular flexibility index (Phi) is 4.32. The number of hydrogen-bond donors (Lipinski definition) is 1. The molecule has 0 aliphatic heterocycles. The second kappa shape index (κ2) is 4.50. The minimum atomic E-state index is -0.299. The van der Waals surface area contributed by atoms with E-state index < -0.39 is 0 Å². The van der Waals surface area contributed by atoms with Crippen LogP contribution >= 0.6 is 0 Å². The SMILES string of the molecule is CC(C)CCC(=O)CO. The van der Waals surface area contributed by atoms with Crippen molar-refractivity contribution in [1.29, 1.82) is 0 Å². The van der Waals surface area contributed by atoms with Gasteiger partial charge in [-0.3, -0.25) is 4.79 Å². The molecular formula is C7H14O2. The lowest BCUT2D eigenvalue weighted by molar-refractivity contribution is -0.122. The number of carbonyl (C=O) groups is 1. The van der Waals surface area contributed by atoms with Crippen molar-refractivity contribution >= 4 is 5.78 Å². The summed E-state index contributed by atoms with van der Waals surface area (Å²) in [6.45, 7) is 3.82. The van der Waals surface area contributed by atoms with Gasteiger partial charge in [0.25, 0.3) is 0 Å². The van der Waals surface area contributed by atoms with Gasteiger partial charge in [0.05, 0.1) is 0 Å². The summed E-state index contributed by atoms with van der Waals surface area (Å²) in [6.07, 6.45) is 1.41. The first-order chi connectivity index (χ1) is 4.16. The van der Waals surface area contributed by atoms with Gasteiger partial charge in [-0.25, -0.2) is 0 Å². The molecule has 9 heavy (non-hydrogen) atoms. The van der Waals surface area contributed by atoms with E-state index in [1.54, 1.807) is 0 Å². The largest absolute Gasteiger partial charge is 0.389 e. The fourth-order valence-corrected chi connectivity index (χ4v) is 0.529. The van der Waals surface area contributed by atoms with Gasteiger partial charge in [-0.1, -0.05) is 13.8 Å². The van der Waals surface area contributed by atoms with E-state index in [0.717, 1.165) is 6.42 Å². The predicted molar refractivity (Wildman–Crippen MR) is 36.2 cm³/mol. The molecule has 0 aliphatic rings. The summed E-state index contributed by atoms with van der Waals surface area (Å²) in [5.41, 5.74) is 0. The minimum Gasteiger partial charge on any atom is -0.389 e. The van der Waals surface area contributed by atoms with Crippen LogP contribution in [-0.4, -0.2) is 17.5 Å². The zero-order valence-electron chi connectivity index (χ0n) is 6.05. The number of aliphatic hydroxyl groups excluding tert-OH is 1. The number of hydrogen-bond acceptors (Lipinski definition) is 2. The molecule has 2 heteroatoms. The molecule has 2 nitrogen and oxygen atoms in total. The third kappa shape index (κ3) is 5.50. The van der Waals surface area contributed by atoms with Crippen molar-refractivity contribution in [2.24, 2.45) is 5.92 Å². The number of ketones is 1. The van der Waals surface area contributed by atoms with Gasteiger partial charge in [-0.05, 0) is 12.3 Å². The van der Waals surface area contributed by atoms with Crippen LogP contribution in [0.4, 0.5) is 0 Å². The maximum Gasteiger partial charge on any atom is 0.158 e. The van der Waals surface area contributed by atoms with Crippen LogP contribution in [-0.2, 0) is 4.79 Å². The van der Waals surface area contributed by atoms with Crippen molar-refractivity contribution in [2.75, 3.05) is 6.61 Å². The van der Waals surface area contributed by atoms with Crippen molar-refractivity contribution in [3.8, 4) is 0 Å². The van der Waals surface area contributed by atoms with Crippen molar-refractivity contribution in [1.82, 2.24) is 0 Å². The van der Waals surface area contributed by atoms with Crippen LogP contribution in [0.1, 0.15) is 26.7 Å². The molecule has 0 atom stereocenters. The molecule has 0 bridgehead atoms. The van der Waals surface area contributed by atoms with E-state index in [-0.39, 0.29) is 12.4 Å². The standard InChI is InChI=1S/C7H14O2/c1-6(2)3-4-7(9)5-8/h6,8H,3-5H2,1-2H3. The normalized spacial score (nSPS) is 10.2. The molecule has 0 rings (SSSR count). The van der Waals surface area contributed by atoms with Crippen LogP contribution in [0.2, 0.25) is 0 Å². The highest BCUT2D eigenvalue weighted by Crippen LogP contribution is 2.02. The van der Waals surface area contributed by atoms with Gasteiger partial charge in [-0.2, -0.15) is 0 Å². The van der Waals surface area contributed by atoms with Crippen LogP contribution in [0.3, 0.4) is 0 Å². The summed E-state index contributed by atoms with van der Waals surface area (Å²) in [6, 6.07) is 0. The lowest BCUT2D eigenvalue weighted by Crippen LogP contribution is -2.04. The van der Waals surface area contributed by atoms with Crippen LogP contribution in [0.15, 0.2) is 0 Å². The van der Waals surface area contributed by atoms with E-state index in [1.807, 2.05) is 0 Å². The highest BCUT2D eigenvalue weighted by molar-refractivity contribution is 5.79. The maximum absolute atomic E-state index is 10.5. The molecule has 0 amide bonds. The first-order valence-corrected chi connectivity index (χ1v) is 3.29. The average molecular weight is 130 g/mol. The second-order valence-electron chi connectivity index (χ2n) is 2.63. The smallest absolute Gasteiger partial charge is 0.158 e. The quantitative estimate of drug-likeness (QED) is 0.616. The first-order valence-electron chi connectivity index (χ1n) is 3.29. The molecule has 1 N–H and O–H groups in total. The summed E-state index contributed by atoms with van der Waals surface area (Å²) >= 11 is 0. The Morgan fingerprint density at radius 2 is 2.11 bits per heavy atom. The molecule has 0 aromatic carbocycles. The summed E-state index contributed by atoms with van der Waals surface area (Å²) in [5.74, 6) is 0.504. The Bertz CT molecular complexity index is 86.9. The molecule has 0 radical (unpaired) electrons. The zero-order chi connectivity index (χ0) is 7.28. The van der Waals surface area contributed by atoms with Gasteiger partial charge in [0.15, 0.2) is 5.78 Å². The lowest BCUT2D eigenvalue weighted by Gasteiger charge is -2.00. The number of aliphatic hydroxyl groups is 1. The van der Waals surface area contributed by atoms with Gasteiger partial charge in [0, 0.05) is 6.42 Å². The van der Waals surface area contributed by atoms with Gasteiger partial charge >= 0.3 is 0 Å². The van der Waals surface area contributed by atoms with Gasteiger partial charge in [0.1, 0.15) is 6.61 Å². The van der Waals surface area contributed by atoms with Gasteiger partial charge in [0.2, 0.25) is 0 Å². The number of carbonyl (C=O) groups excluding carboxylic acids is 1. The summed E-state index contributed by atoms with van der Waals surface area (Å²) in [5, 5.41) is 8.30. The molecule has 0 aromatic rings. The zero-order valence-corrected chi connectivity index (χ0v) is 6.05. The topological polar surface area (TPSA) is 37.3 Å². The Morgan fingerprint density at radius 3 is 2.44 bits per heavy atom. The van der Waals surface area contributed by atoms with E-state index in [4.69, 9.17) is 5.11 Å². The van der Waals surface area contributed by atoms with E-state index in [0.29, 0.717) is 12.3 Å². The molecule has 0 heterocycles. The van der Waals surface area contributed by atoms with Gasteiger partial charge in [-0.15, -0.1) is 0 Å². The Hall–Kier alpha value is -0.370. The van der Waals surface area contributed by atoms with Crippen LogP contribution < -0.4 is 0 Å². The molecular weight excluding hydrogens is 116 g/mol. The summed E-state index contributed by atoms with van der Waals surface area (Å²) < 4.78 is 0. The molecule has 0 saturated carbocycles. The van der Waals surface area contributed by atoms with Crippen molar-refractivity contribution < 1.29 is 9.90 Å². The number of Topliss-reactive ketones (excluding diaryl/α,β-unsaturated/α-hetero) is 1. The molecule has 0 aromatic heterocycles. The minimum absolute atomic E-state index is 0.0521. The summed E-state index contributed by atoms with van der Waals surface area (Å²) in [7, 11) is 0. The lowest BCUT2D eigenvalue weighted by atomic mass is 10.1. The molecule has 0 aliphatic carbocycles. The third-order valence-electron chi connectivity index (χ3n) is 1.18. The van der Waals surface area contributed by atoms with Crippen molar-refractivity contribution in [3.63, 3.8) is 0 Å². The van der Waals surface area contributed by atoms with E-state index in [2.05, 4.69) is 13.8 Å². The Balaban J connectivity index is 3.17. The monoisotopic (exact) mass is 130 g/mol. The average Bonchev–Trinajstić information content (AvgIpc) is 1.83. The Labute approximate surface area is 55.9 Å². The fourth-order valence-electron chi connectivity index (χ4n) is 0.529. The van der Waals surface area contributed by atoms with Gasteiger partial charge < -0.3 is 5.11 Å². The molecule has 0 fully saturated rings.